The van der Waals surface area contributed by atoms with Crippen LogP contribution in [0.1, 0.15) is 55.6 Å². The van der Waals surface area contributed by atoms with Crippen LogP contribution in [-0.4, -0.2) is 15.9 Å². The standard InChI is InChI=1S/C30H28ClFN2O2/c1-30(2,3)29(18-7-5-4-6-8-18)34-26-21-13-19(20-14-23(31)28(36)24(32)15-20)11-12-25(21)33-16-22(26)27(35)17-9-10-17/h4-8,11-17,29,36H,9-10H2,1-3H3,(H,33,34). The molecule has 1 saturated carbocycles. The van der Waals surface area contributed by atoms with Crippen molar-refractivity contribution >= 4 is 34.0 Å². The Labute approximate surface area is 215 Å². The third kappa shape index (κ3) is 4.68. The lowest BCUT2D eigenvalue weighted by Gasteiger charge is -2.34. The number of aromatic hydroxyl groups is 1. The lowest BCUT2D eigenvalue weighted by Crippen LogP contribution is -2.27. The minimum absolute atomic E-state index is 0.0304. The summed E-state index contributed by atoms with van der Waals surface area (Å²) < 4.78 is 14.3. The van der Waals surface area contributed by atoms with Gasteiger partial charge in [0.25, 0.3) is 0 Å². The van der Waals surface area contributed by atoms with E-state index in [9.17, 15) is 14.3 Å². The first-order valence-electron chi connectivity index (χ1n) is 12.1. The number of ketones is 1. The van der Waals surface area contributed by atoms with Gasteiger partial charge in [-0.15, -0.1) is 0 Å². The predicted octanol–water partition coefficient (Wildman–Crippen LogP) is 8.19. The van der Waals surface area contributed by atoms with Crippen molar-refractivity contribution in [1.82, 2.24) is 4.98 Å². The van der Waals surface area contributed by atoms with Crippen LogP contribution in [0.15, 0.2) is 66.9 Å². The zero-order valence-electron chi connectivity index (χ0n) is 20.5. The fourth-order valence-corrected chi connectivity index (χ4v) is 4.81. The molecule has 0 bridgehead atoms. The average molecular weight is 503 g/mol. The van der Waals surface area contributed by atoms with Crippen molar-refractivity contribution in [2.45, 2.75) is 39.7 Å². The van der Waals surface area contributed by atoms with Gasteiger partial charge >= 0.3 is 0 Å². The van der Waals surface area contributed by atoms with E-state index >= 15 is 0 Å². The molecule has 1 unspecified atom stereocenters. The SMILES string of the molecule is CC(C)(C)C(Nc1c(C(=O)C2CC2)cnc2ccc(-c3cc(F)c(O)c(Cl)c3)cc12)c1ccccc1. The number of nitrogens with zero attached hydrogens (tertiary/aromatic N) is 1. The molecule has 1 atom stereocenters. The number of phenolic OH excluding ortho intramolecular Hbond substituents is 1. The second-order valence-corrected chi connectivity index (χ2v) is 11.0. The van der Waals surface area contributed by atoms with Gasteiger partial charge < -0.3 is 10.4 Å². The first-order valence-corrected chi connectivity index (χ1v) is 12.5. The monoisotopic (exact) mass is 502 g/mol. The molecule has 1 aliphatic carbocycles. The highest BCUT2D eigenvalue weighted by Crippen LogP contribution is 2.42. The Balaban J connectivity index is 1.71. The van der Waals surface area contributed by atoms with Gasteiger partial charge in [-0.1, -0.05) is 68.8 Å². The second-order valence-electron chi connectivity index (χ2n) is 10.6. The smallest absolute Gasteiger partial charge is 0.170 e. The lowest BCUT2D eigenvalue weighted by atomic mass is 9.82. The van der Waals surface area contributed by atoms with Crippen molar-refractivity contribution in [2.24, 2.45) is 11.3 Å². The van der Waals surface area contributed by atoms with E-state index in [1.54, 1.807) is 6.20 Å². The van der Waals surface area contributed by atoms with E-state index < -0.39 is 11.6 Å². The van der Waals surface area contributed by atoms with Crippen LogP contribution in [0.5, 0.6) is 5.75 Å². The van der Waals surface area contributed by atoms with Gasteiger partial charge in [-0.05, 0) is 59.2 Å². The van der Waals surface area contributed by atoms with E-state index in [1.807, 2.05) is 36.4 Å². The molecule has 0 spiro atoms. The largest absolute Gasteiger partial charge is 0.504 e. The Kier molecular flexibility index (Phi) is 6.21. The number of pyridine rings is 1. The summed E-state index contributed by atoms with van der Waals surface area (Å²) in [6.45, 7) is 6.49. The summed E-state index contributed by atoms with van der Waals surface area (Å²) >= 11 is 6.05. The van der Waals surface area contributed by atoms with Gasteiger partial charge in [0.2, 0.25) is 0 Å². The molecule has 1 aliphatic rings. The minimum atomic E-state index is -0.788. The van der Waals surface area contributed by atoms with Gasteiger partial charge in [0.05, 0.1) is 27.8 Å². The number of rotatable bonds is 6. The predicted molar refractivity (Wildman–Crippen MR) is 143 cm³/mol. The van der Waals surface area contributed by atoms with Gasteiger partial charge in [-0.3, -0.25) is 9.78 Å². The molecular weight excluding hydrogens is 475 g/mol. The van der Waals surface area contributed by atoms with Crippen LogP contribution >= 0.6 is 11.6 Å². The van der Waals surface area contributed by atoms with Crippen molar-refractivity contribution in [2.75, 3.05) is 5.32 Å². The maximum atomic E-state index is 14.3. The summed E-state index contributed by atoms with van der Waals surface area (Å²) in [5, 5.41) is 14.2. The Morgan fingerprint density at radius 1 is 1.08 bits per heavy atom. The Morgan fingerprint density at radius 3 is 2.44 bits per heavy atom. The van der Waals surface area contributed by atoms with E-state index in [2.05, 4.69) is 43.2 Å². The first-order chi connectivity index (χ1) is 17.1. The van der Waals surface area contributed by atoms with Crippen LogP contribution in [0.25, 0.3) is 22.0 Å². The molecule has 36 heavy (non-hydrogen) atoms. The fraction of sp³-hybridized carbons (Fsp3) is 0.267. The van der Waals surface area contributed by atoms with Gasteiger partial charge in [-0.25, -0.2) is 4.39 Å². The summed E-state index contributed by atoms with van der Waals surface area (Å²) in [6, 6.07) is 18.5. The number of Topliss-reactive ketones (excluding diaryl/α,β-unsaturated/α-hetero) is 1. The molecule has 0 amide bonds. The van der Waals surface area contributed by atoms with E-state index in [-0.39, 0.29) is 28.2 Å². The maximum Gasteiger partial charge on any atom is 0.170 e. The normalized spacial score (nSPS) is 14.6. The van der Waals surface area contributed by atoms with Crippen LogP contribution in [0, 0.1) is 17.2 Å². The number of aromatic nitrogens is 1. The van der Waals surface area contributed by atoms with Crippen LogP contribution in [0.4, 0.5) is 10.1 Å². The van der Waals surface area contributed by atoms with Crippen molar-refractivity contribution in [1.29, 1.82) is 0 Å². The number of benzene rings is 3. The third-order valence-corrected chi connectivity index (χ3v) is 7.01. The van der Waals surface area contributed by atoms with Gasteiger partial charge in [0.1, 0.15) is 0 Å². The number of phenols is 1. The van der Waals surface area contributed by atoms with Crippen molar-refractivity contribution in [3.63, 3.8) is 0 Å². The van der Waals surface area contributed by atoms with Crippen LogP contribution in [-0.2, 0) is 0 Å². The number of carbonyl (C=O) groups excluding carboxylic acids is 1. The zero-order chi connectivity index (χ0) is 25.6. The van der Waals surface area contributed by atoms with Gasteiger partial charge in [0.15, 0.2) is 17.3 Å². The Bertz CT molecular complexity index is 1440. The minimum Gasteiger partial charge on any atom is -0.504 e. The maximum absolute atomic E-state index is 14.3. The number of fused-ring (bicyclic) bond motifs is 1. The Hall–Kier alpha value is -3.44. The Morgan fingerprint density at radius 2 is 1.81 bits per heavy atom. The highest BCUT2D eigenvalue weighted by molar-refractivity contribution is 6.32. The first kappa shape index (κ1) is 24.3. The summed E-state index contributed by atoms with van der Waals surface area (Å²) in [4.78, 5) is 17.9. The number of hydrogen-bond donors (Lipinski definition) is 2. The van der Waals surface area contributed by atoms with Crippen LogP contribution in [0.3, 0.4) is 0 Å². The lowest BCUT2D eigenvalue weighted by molar-refractivity contribution is 0.0968. The molecule has 0 radical (unpaired) electrons. The number of halogens is 2. The van der Waals surface area contributed by atoms with Gasteiger partial charge in [-0.2, -0.15) is 0 Å². The molecule has 184 valence electrons. The molecule has 4 nitrogen and oxygen atoms in total. The second kappa shape index (κ2) is 9.21. The van der Waals surface area contributed by atoms with E-state index in [4.69, 9.17) is 11.6 Å². The van der Waals surface area contributed by atoms with E-state index in [1.165, 1.54) is 12.1 Å². The number of anilines is 1. The van der Waals surface area contributed by atoms with Crippen molar-refractivity contribution in [3.8, 4) is 16.9 Å². The molecule has 6 heteroatoms. The average Bonchev–Trinajstić information content (AvgIpc) is 3.70. The number of nitrogens with one attached hydrogen (secondary N) is 1. The van der Waals surface area contributed by atoms with Crippen LogP contribution in [0.2, 0.25) is 5.02 Å². The summed E-state index contributed by atoms with van der Waals surface area (Å²) in [7, 11) is 0. The van der Waals surface area contributed by atoms with E-state index in [0.29, 0.717) is 16.7 Å². The molecule has 2 N–H and O–H groups in total. The summed E-state index contributed by atoms with van der Waals surface area (Å²) in [5.74, 6) is -1.23. The molecule has 1 fully saturated rings. The van der Waals surface area contributed by atoms with E-state index in [0.717, 1.165) is 35.0 Å². The topological polar surface area (TPSA) is 62.2 Å². The summed E-state index contributed by atoms with van der Waals surface area (Å²) in [5.41, 5.74) is 4.20. The molecule has 4 aromatic rings. The molecule has 3 aromatic carbocycles. The third-order valence-electron chi connectivity index (χ3n) is 6.72. The van der Waals surface area contributed by atoms with Crippen molar-refractivity contribution < 1.29 is 14.3 Å². The number of carbonyl (C=O) groups is 1. The highest BCUT2D eigenvalue weighted by atomic mass is 35.5. The molecule has 0 saturated heterocycles. The zero-order valence-corrected chi connectivity index (χ0v) is 21.2. The molecular formula is C30H28ClFN2O2. The van der Waals surface area contributed by atoms with Gasteiger partial charge in [0, 0.05) is 17.5 Å². The fourth-order valence-electron chi connectivity index (χ4n) is 4.60. The molecule has 1 heterocycles. The molecule has 0 aliphatic heterocycles. The van der Waals surface area contributed by atoms with Crippen LogP contribution < -0.4 is 5.32 Å². The quantitative estimate of drug-likeness (QED) is 0.261. The molecule has 5 rings (SSSR count). The van der Waals surface area contributed by atoms with Crippen molar-refractivity contribution in [3.05, 3.63) is 88.8 Å². The number of hydrogen-bond acceptors (Lipinski definition) is 4. The highest BCUT2D eigenvalue weighted by Gasteiger charge is 2.34. The molecule has 1 aromatic heterocycles. The summed E-state index contributed by atoms with van der Waals surface area (Å²) in [6.07, 6.45) is 3.46.